The lowest BCUT2D eigenvalue weighted by atomic mass is 9.96. The number of hydrogen-bond donors (Lipinski definition) is 1. The summed E-state index contributed by atoms with van der Waals surface area (Å²) in [5.41, 5.74) is 4.45. The third-order valence-corrected chi connectivity index (χ3v) is 6.88. The van der Waals surface area contributed by atoms with Gasteiger partial charge < -0.3 is 5.11 Å². The van der Waals surface area contributed by atoms with Gasteiger partial charge in [-0.2, -0.15) is 0 Å². The number of fused-ring (bicyclic) bond motifs is 3. The van der Waals surface area contributed by atoms with Crippen LogP contribution in [0.2, 0.25) is 0 Å². The number of ketones is 1. The molecule has 0 fully saturated rings. The molecule has 1 heterocycles. The van der Waals surface area contributed by atoms with Gasteiger partial charge in [0.15, 0.2) is 5.78 Å². The summed E-state index contributed by atoms with van der Waals surface area (Å²) in [5.74, 6) is -1.38. The molecule has 0 unspecified atom stereocenters. The number of aromatic carboxylic acids is 1. The molecule has 0 spiro atoms. The summed E-state index contributed by atoms with van der Waals surface area (Å²) < 4.78 is 2.28. The first kappa shape index (κ1) is 20.2. The maximum Gasteiger partial charge on any atom is 0.336 e. The number of carboxylic acid groups (broad SMARTS) is 1. The Kier molecular flexibility index (Phi) is 5.08. The van der Waals surface area contributed by atoms with E-state index in [0.29, 0.717) is 5.56 Å². The zero-order chi connectivity index (χ0) is 22.2. The van der Waals surface area contributed by atoms with Crippen LogP contribution in [0.5, 0.6) is 0 Å². The van der Waals surface area contributed by atoms with E-state index in [9.17, 15) is 14.7 Å². The Balaban J connectivity index is 1.57. The summed E-state index contributed by atoms with van der Waals surface area (Å²) in [6.45, 7) is 2.08. The van der Waals surface area contributed by atoms with Gasteiger partial charge in [-0.25, -0.2) is 4.79 Å². The van der Waals surface area contributed by atoms with E-state index in [1.807, 2.05) is 12.1 Å². The molecule has 3 nitrogen and oxygen atoms in total. The van der Waals surface area contributed by atoms with Crippen molar-refractivity contribution in [2.75, 3.05) is 0 Å². The number of aryl methyl sites for hydroxylation is 1. The van der Waals surface area contributed by atoms with E-state index in [-0.39, 0.29) is 16.9 Å². The first-order valence-electron chi connectivity index (χ1n) is 10.4. The highest BCUT2D eigenvalue weighted by molar-refractivity contribution is 7.25. The summed E-state index contributed by atoms with van der Waals surface area (Å²) >= 11 is 1.70. The average molecular weight is 437 g/mol. The summed E-state index contributed by atoms with van der Waals surface area (Å²) in [7, 11) is 0. The predicted molar refractivity (Wildman–Crippen MR) is 130 cm³/mol. The molecule has 1 N–H and O–H groups in total. The predicted octanol–water partition coefficient (Wildman–Crippen LogP) is 6.88. The van der Waals surface area contributed by atoms with E-state index in [1.54, 1.807) is 35.6 Å². The molecule has 4 heteroatoms. The van der Waals surface area contributed by atoms with Crippen LogP contribution in [0.4, 0.5) is 0 Å². The van der Waals surface area contributed by atoms with Crippen LogP contribution in [0.25, 0.3) is 20.2 Å². The van der Waals surface area contributed by atoms with E-state index < -0.39 is 5.97 Å². The molecule has 0 aliphatic rings. The number of rotatable bonds is 5. The van der Waals surface area contributed by atoms with E-state index in [0.717, 1.165) is 21.9 Å². The number of thiophene rings is 1. The molecule has 5 aromatic rings. The molecule has 0 aliphatic carbocycles. The molecular weight excluding hydrogens is 416 g/mol. The van der Waals surface area contributed by atoms with Gasteiger partial charge in [0.05, 0.1) is 5.56 Å². The fourth-order valence-corrected chi connectivity index (χ4v) is 5.11. The first-order chi connectivity index (χ1) is 15.5. The van der Waals surface area contributed by atoms with Crippen LogP contribution in [-0.2, 0) is 6.42 Å². The first-order valence-corrected chi connectivity index (χ1v) is 11.2. The van der Waals surface area contributed by atoms with Crippen molar-refractivity contribution < 1.29 is 14.7 Å². The van der Waals surface area contributed by atoms with Crippen LogP contribution in [0, 0.1) is 6.92 Å². The molecule has 32 heavy (non-hydrogen) atoms. The summed E-state index contributed by atoms with van der Waals surface area (Å²) in [5, 5.41) is 11.6. The largest absolute Gasteiger partial charge is 0.478 e. The van der Waals surface area contributed by atoms with Crippen LogP contribution in [0.3, 0.4) is 0 Å². The maximum atomic E-state index is 13.1. The van der Waals surface area contributed by atoms with E-state index in [1.165, 1.54) is 27.5 Å². The Hall–Kier alpha value is -3.76. The second-order valence-electron chi connectivity index (χ2n) is 7.99. The molecule has 0 radical (unpaired) electrons. The van der Waals surface area contributed by atoms with Crippen molar-refractivity contribution >= 4 is 43.3 Å². The highest BCUT2D eigenvalue weighted by atomic mass is 32.1. The molecule has 0 aliphatic heterocycles. The second-order valence-corrected chi connectivity index (χ2v) is 9.07. The van der Waals surface area contributed by atoms with Crippen molar-refractivity contribution in [3.63, 3.8) is 0 Å². The highest BCUT2D eigenvalue weighted by Gasteiger charge is 2.18. The Morgan fingerprint density at radius 1 is 0.750 bits per heavy atom. The summed E-state index contributed by atoms with van der Waals surface area (Å²) in [6, 6.07) is 27.1. The van der Waals surface area contributed by atoms with Crippen molar-refractivity contribution in [2.24, 2.45) is 0 Å². The van der Waals surface area contributed by atoms with Crippen molar-refractivity contribution in [2.45, 2.75) is 13.3 Å². The molecule has 0 atom stereocenters. The molecule has 0 saturated carbocycles. The standard InChI is InChI=1S/C28H20O3S/c1-17-6-8-18(9-7-17)14-19-10-12-25-23(15-19)24-16-20(11-13-26(24)32-25)27(29)21-4-2-3-5-22(21)28(30)31/h2-13,15-16H,14H2,1H3,(H,30,31). The third kappa shape index (κ3) is 3.70. The molecule has 5 rings (SSSR count). The molecule has 0 bridgehead atoms. The van der Waals surface area contributed by atoms with Crippen LogP contribution in [0.15, 0.2) is 84.9 Å². The highest BCUT2D eigenvalue weighted by Crippen LogP contribution is 2.35. The topological polar surface area (TPSA) is 54.4 Å². The fourth-order valence-electron chi connectivity index (χ4n) is 4.04. The van der Waals surface area contributed by atoms with Crippen LogP contribution >= 0.6 is 11.3 Å². The Morgan fingerprint density at radius 2 is 1.38 bits per heavy atom. The molecule has 1 aromatic heterocycles. The maximum absolute atomic E-state index is 13.1. The van der Waals surface area contributed by atoms with E-state index >= 15 is 0 Å². The Labute approximate surface area is 189 Å². The van der Waals surface area contributed by atoms with Gasteiger partial charge in [-0.3, -0.25) is 4.79 Å². The molecular formula is C28H20O3S. The van der Waals surface area contributed by atoms with Gasteiger partial charge in [0.25, 0.3) is 0 Å². The quantitative estimate of drug-likeness (QED) is 0.305. The van der Waals surface area contributed by atoms with Crippen LogP contribution in [0.1, 0.15) is 43.0 Å². The zero-order valence-corrected chi connectivity index (χ0v) is 18.3. The smallest absolute Gasteiger partial charge is 0.336 e. The Morgan fingerprint density at radius 3 is 2.09 bits per heavy atom. The number of hydrogen-bond acceptors (Lipinski definition) is 3. The fraction of sp³-hybridized carbons (Fsp3) is 0.0714. The lowest BCUT2D eigenvalue weighted by Gasteiger charge is -2.06. The lowest BCUT2D eigenvalue weighted by molar-refractivity contribution is 0.0693. The van der Waals surface area contributed by atoms with Gasteiger partial charge in [0, 0.05) is 31.3 Å². The second kappa shape index (κ2) is 8.06. The lowest BCUT2D eigenvalue weighted by Crippen LogP contribution is -2.09. The minimum Gasteiger partial charge on any atom is -0.478 e. The molecule has 156 valence electrons. The third-order valence-electron chi connectivity index (χ3n) is 5.73. The van der Waals surface area contributed by atoms with Crippen molar-refractivity contribution in [3.8, 4) is 0 Å². The minimum atomic E-state index is -1.10. The number of carboxylic acids is 1. The molecule has 0 amide bonds. The normalized spacial score (nSPS) is 11.2. The van der Waals surface area contributed by atoms with Crippen molar-refractivity contribution in [1.29, 1.82) is 0 Å². The van der Waals surface area contributed by atoms with Crippen LogP contribution in [-0.4, -0.2) is 16.9 Å². The zero-order valence-electron chi connectivity index (χ0n) is 17.5. The SMILES string of the molecule is Cc1ccc(Cc2ccc3sc4ccc(C(=O)c5ccccc5C(=O)O)cc4c3c2)cc1. The Bertz CT molecular complexity index is 1490. The minimum absolute atomic E-state index is 0.0214. The van der Waals surface area contributed by atoms with E-state index in [4.69, 9.17) is 0 Å². The van der Waals surface area contributed by atoms with Crippen LogP contribution < -0.4 is 0 Å². The molecule has 0 saturated heterocycles. The van der Waals surface area contributed by atoms with Gasteiger partial charge in [-0.1, -0.05) is 54.1 Å². The van der Waals surface area contributed by atoms with Gasteiger partial charge in [0.2, 0.25) is 0 Å². The number of carbonyl (C=O) groups excluding carboxylic acids is 1. The number of benzene rings is 4. The summed E-state index contributed by atoms with van der Waals surface area (Å²) in [6.07, 6.45) is 0.845. The van der Waals surface area contributed by atoms with E-state index in [2.05, 4.69) is 49.4 Å². The average Bonchev–Trinajstić information content (AvgIpc) is 3.17. The van der Waals surface area contributed by atoms with Gasteiger partial charge in [0.1, 0.15) is 0 Å². The summed E-state index contributed by atoms with van der Waals surface area (Å²) in [4.78, 5) is 24.7. The van der Waals surface area contributed by atoms with Gasteiger partial charge in [-0.05, 0) is 60.9 Å². The van der Waals surface area contributed by atoms with Crippen molar-refractivity contribution in [3.05, 3.63) is 118 Å². The monoisotopic (exact) mass is 436 g/mol. The van der Waals surface area contributed by atoms with Crippen molar-refractivity contribution in [1.82, 2.24) is 0 Å². The molecule has 4 aromatic carbocycles. The van der Waals surface area contributed by atoms with Gasteiger partial charge >= 0.3 is 5.97 Å². The van der Waals surface area contributed by atoms with Gasteiger partial charge in [-0.15, -0.1) is 11.3 Å². The number of carbonyl (C=O) groups is 2.